The summed E-state index contributed by atoms with van der Waals surface area (Å²) in [7, 11) is 0. The first-order valence-corrected chi connectivity index (χ1v) is 5.96. The van der Waals surface area contributed by atoms with Gasteiger partial charge in [-0.2, -0.15) is 0 Å². The van der Waals surface area contributed by atoms with E-state index in [0.717, 1.165) is 29.1 Å². The van der Waals surface area contributed by atoms with Crippen LogP contribution in [0.2, 0.25) is 0 Å². The summed E-state index contributed by atoms with van der Waals surface area (Å²) in [4.78, 5) is 8.53. The summed E-state index contributed by atoms with van der Waals surface area (Å²) in [5, 5.41) is 3.43. The van der Waals surface area contributed by atoms with Crippen molar-refractivity contribution < 1.29 is 0 Å². The van der Waals surface area contributed by atoms with E-state index in [1.165, 1.54) is 6.42 Å². The lowest BCUT2D eigenvalue weighted by atomic mass is 10.0. The van der Waals surface area contributed by atoms with Gasteiger partial charge in [0.05, 0.1) is 0 Å². The maximum Gasteiger partial charge on any atom is 0.131 e. The van der Waals surface area contributed by atoms with Crippen molar-refractivity contribution in [2.24, 2.45) is 0 Å². The van der Waals surface area contributed by atoms with Gasteiger partial charge in [0.1, 0.15) is 16.2 Å². The number of allylic oxidation sites excluding steroid dienone is 1. The minimum absolute atomic E-state index is 0.510. The summed E-state index contributed by atoms with van der Waals surface area (Å²) >= 11 is 3.37. The topological polar surface area (TPSA) is 37.8 Å². The third-order valence-corrected chi connectivity index (χ3v) is 2.83. The molecule has 4 heteroatoms. The molecule has 80 valence electrons. The molecule has 1 aromatic rings. The maximum absolute atomic E-state index is 4.35. The van der Waals surface area contributed by atoms with Crippen LogP contribution in [0.25, 0.3) is 0 Å². The molecule has 2 rings (SSSR count). The van der Waals surface area contributed by atoms with Crippen molar-refractivity contribution in [3.63, 3.8) is 0 Å². The van der Waals surface area contributed by atoms with Crippen LogP contribution in [-0.4, -0.2) is 16.0 Å². The highest BCUT2D eigenvalue weighted by Crippen LogP contribution is 2.18. The van der Waals surface area contributed by atoms with Gasteiger partial charge in [0.2, 0.25) is 0 Å². The van der Waals surface area contributed by atoms with Crippen molar-refractivity contribution in [3.05, 3.63) is 28.6 Å². The van der Waals surface area contributed by atoms with E-state index in [9.17, 15) is 0 Å². The second kappa shape index (κ2) is 4.75. The maximum atomic E-state index is 4.35. The van der Waals surface area contributed by atoms with Gasteiger partial charge in [0, 0.05) is 12.1 Å². The average molecular weight is 268 g/mol. The highest BCUT2D eigenvalue weighted by Gasteiger charge is 2.10. The van der Waals surface area contributed by atoms with E-state index in [2.05, 4.69) is 43.4 Å². The Hall–Kier alpha value is -0.900. The molecule has 0 radical (unpaired) electrons. The van der Waals surface area contributed by atoms with Crippen LogP contribution in [0.3, 0.4) is 0 Å². The first-order chi connectivity index (χ1) is 7.24. The molecule has 0 spiro atoms. The standard InChI is InChI=1S/C11H14BrN3/c1-8-13-10(12)7-11(14-8)15-9-5-3-2-4-6-9/h2-3,7,9H,4-6H2,1H3,(H,13,14,15). The van der Waals surface area contributed by atoms with E-state index >= 15 is 0 Å². The zero-order valence-electron chi connectivity index (χ0n) is 8.70. The van der Waals surface area contributed by atoms with Gasteiger partial charge in [-0.1, -0.05) is 12.2 Å². The van der Waals surface area contributed by atoms with Crippen LogP contribution in [0.1, 0.15) is 25.1 Å². The molecule has 1 atom stereocenters. The summed E-state index contributed by atoms with van der Waals surface area (Å²) < 4.78 is 0.837. The molecule has 0 aliphatic heterocycles. The predicted octanol–water partition coefficient (Wildman–Crippen LogP) is 3.07. The molecule has 1 aromatic heterocycles. The molecule has 0 saturated carbocycles. The Kier molecular flexibility index (Phi) is 3.36. The molecule has 1 aliphatic carbocycles. The summed E-state index contributed by atoms with van der Waals surface area (Å²) in [6, 6.07) is 2.43. The Morgan fingerprint density at radius 3 is 2.93 bits per heavy atom. The lowest BCUT2D eigenvalue weighted by molar-refractivity contribution is 0.641. The first kappa shape index (κ1) is 10.6. The third kappa shape index (κ3) is 3.02. The SMILES string of the molecule is Cc1nc(Br)cc(NC2CC=CCC2)n1. The molecule has 0 amide bonds. The number of aromatic nitrogens is 2. The lowest BCUT2D eigenvalue weighted by Gasteiger charge is -2.20. The average Bonchev–Trinajstić information content (AvgIpc) is 2.17. The molecule has 0 bridgehead atoms. The van der Waals surface area contributed by atoms with Gasteiger partial charge in [0.25, 0.3) is 0 Å². The van der Waals surface area contributed by atoms with E-state index in [0.29, 0.717) is 6.04 Å². The molecular formula is C11H14BrN3. The summed E-state index contributed by atoms with van der Waals surface area (Å²) in [5.41, 5.74) is 0. The second-order valence-electron chi connectivity index (χ2n) is 3.75. The number of anilines is 1. The van der Waals surface area contributed by atoms with E-state index in [-0.39, 0.29) is 0 Å². The van der Waals surface area contributed by atoms with Gasteiger partial charge in [-0.3, -0.25) is 0 Å². The van der Waals surface area contributed by atoms with Gasteiger partial charge in [-0.25, -0.2) is 9.97 Å². The zero-order valence-corrected chi connectivity index (χ0v) is 10.3. The van der Waals surface area contributed by atoms with Crippen molar-refractivity contribution in [3.8, 4) is 0 Å². The number of halogens is 1. The van der Waals surface area contributed by atoms with Crippen molar-refractivity contribution in [1.29, 1.82) is 0 Å². The lowest BCUT2D eigenvalue weighted by Crippen LogP contribution is -2.21. The van der Waals surface area contributed by atoms with E-state index in [1.807, 2.05) is 13.0 Å². The number of nitrogens with zero attached hydrogens (tertiary/aromatic N) is 2. The number of rotatable bonds is 2. The third-order valence-electron chi connectivity index (χ3n) is 2.43. The predicted molar refractivity (Wildman–Crippen MR) is 64.9 cm³/mol. The quantitative estimate of drug-likeness (QED) is 0.661. The van der Waals surface area contributed by atoms with Crippen molar-refractivity contribution in [1.82, 2.24) is 9.97 Å². The van der Waals surface area contributed by atoms with Gasteiger partial charge >= 0.3 is 0 Å². The van der Waals surface area contributed by atoms with E-state index in [4.69, 9.17) is 0 Å². The molecule has 3 nitrogen and oxygen atoms in total. The fourth-order valence-corrected chi connectivity index (χ4v) is 2.21. The van der Waals surface area contributed by atoms with Crippen LogP contribution in [0.5, 0.6) is 0 Å². The molecule has 15 heavy (non-hydrogen) atoms. The van der Waals surface area contributed by atoms with Gasteiger partial charge in [-0.15, -0.1) is 0 Å². The van der Waals surface area contributed by atoms with Gasteiger partial charge in [0.15, 0.2) is 0 Å². The fourth-order valence-electron chi connectivity index (χ4n) is 1.74. The van der Waals surface area contributed by atoms with E-state index < -0.39 is 0 Å². The Morgan fingerprint density at radius 1 is 1.40 bits per heavy atom. The van der Waals surface area contributed by atoms with Crippen molar-refractivity contribution in [2.75, 3.05) is 5.32 Å². The monoisotopic (exact) mass is 267 g/mol. The summed E-state index contributed by atoms with van der Waals surface area (Å²) in [6.45, 7) is 1.90. The van der Waals surface area contributed by atoms with Crippen molar-refractivity contribution >= 4 is 21.7 Å². The van der Waals surface area contributed by atoms with Crippen LogP contribution in [0, 0.1) is 6.92 Å². The van der Waals surface area contributed by atoms with Crippen LogP contribution in [0.15, 0.2) is 22.8 Å². The number of nitrogens with one attached hydrogen (secondary N) is 1. The molecule has 0 saturated heterocycles. The normalized spacial score (nSPS) is 20.3. The molecule has 0 aromatic carbocycles. The second-order valence-corrected chi connectivity index (χ2v) is 4.56. The Labute approximate surface area is 98.1 Å². The largest absolute Gasteiger partial charge is 0.367 e. The minimum atomic E-state index is 0.510. The number of hydrogen-bond donors (Lipinski definition) is 1. The highest BCUT2D eigenvalue weighted by atomic mass is 79.9. The first-order valence-electron chi connectivity index (χ1n) is 5.17. The summed E-state index contributed by atoms with van der Waals surface area (Å²) in [6.07, 6.45) is 7.88. The Morgan fingerprint density at radius 2 is 2.27 bits per heavy atom. The molecule has 1 unspecified atom stereocenters. The Bertz CT molecular complexity index is 356. The van der Waals surface area contributed by atoms with Crippen LogP contribution >= 0.6 is 15.9 Å². The molecule has 1 aliphatic rings. The number of aryl methyl sites for hydroxylation is 1. The fraction of sp³-hybridized carbons (Fsp3) is 0.455. The van der Waals surface area contributed by atoms with Crippen LogP contribution < -0.4 is 5.32 Å². The molecular weight excluding hydrogens is 254 g/mol. The Balaban J connectivity index is 2.06. The smallest absolute Gasteiger partial charge is 0.131 e. The molecule has 0 fully saturated rings. The van der Waals surface area contributed by atoms with Crippen LogP contribution in [-0.2, 0) is 0 Å². The molecule has 1 N–H and O–H groups in total. The highest BCUT2D eigenvalue weighted by molar-refractivity contribution is 9.10. The van der Waals surface area contributed by atoms with Crippen molar-refractivity contribution in [2.45, 2.75) is 32.2 Å². The van der Waals surface area contributed by atoms with Crippen LogP contribution in [0.4, 0.5) is 5.82 Å². The zero-order chi connectivity index (χ0) is 10.7. The van der Waals surface area contributed by atoms with Gasteiger partial charge < -0.3 is 5.32 Å². The minimum Gasteiger partial charge on any atom is -0.367 e. The molecule has 1 heterocycles. The van der Waals surface area contributed by atoms with Gasteiger partial charge in [-0.05, 0) is 42.1 Å². The van der Waals surface area contributed by atoms with E-state index in [1.54, 1.807) is 0 Å². The number of hydrogen-bond acceptors (Lipinski definition) is 3. The summed E-state index contributed by atoms with van der Waals surface area (Å²) in [5.74, 6) is 1.70.